The van der Waals surface area contributed by atoms with Crippen LogP contribution in [0.15, 0.2) is 30.6 Å². The number of aryl methyl sites for hydroxylation is 1. The number of halogens is 1. The van der Waals surface area contributed by atoms with Crippen LogP contribution >= 0.6 is 0 Å². The molecule has 21 heavy (non-hydrogen) atoms. The normalized spacial score (nSPS) is 18.0. The van der Waals surface area contributed by atoms with Gasteiger partial charge in [-0.1, -0.05) is 0 Å². The SMILES string of the molecule is Cn1cc(CC2CCN(c3ccc(C#N)cc3F)C2)cn1. The lowest BCUT2D eigenvalue weighted by Crippen LogP contribution is -2.21. The molecule has 1 aliphatic heterocycles. The largest absolute Gasteiger partial charge is 0.369 e. The van der Waals surface area contributed by atoms with E-state index in [1.54, 1.807) is 12.1 Å². The predicted molar refractivity (Wildman–Crippen MR) is 78.3 cm³/mol. The maximum Gasteiger partial charge on any atom is 0.147 e. The highest BCUT2D eigenvalue weighted by Crippen LogP contribution is 2.28. The molecule has 0 saturated carbocycles. The van der Waals surface area contributed by atoms with Gasteiger partial charge in [-0.2, -0.15) is 10.4 Å². The lowest BCUT2D eigenvalue weighted by atomic mass is 10.0. The molecule has 1 aromatic heterocycles. The Morgan fingerprint density at radius 2 is 2.33 bits per heavy atom. The van der Waals surface area contributed by atoms with Crippen molar-refractivity contribution in [1.29, 1.82) is 5.26 Å². The summed E-state index contributed by atoms with van der Waals surface area (Å²) in [5.41, 5.74) is 2.19. The fourth-order valence-corrected chi connectivity index (χ4v) is 2.96. The van der Waals surface area contributed by atoms with Gasteiger partial charge in [0.1, 0.15) is 5.82 Å². The van der Waals surface area contributed by atoms with Crippen LogP contribution in [-0.4, -0.2) is 22.9 Å². The van der Waals surface area contributed by atoms with Gasteiger partial charge in [-0.05, 0) is 42.5 Å². The predicted octanol–water partition coefficient (Wildman–Crippen LogP) is 2.50. The van der Waals surface area contributed by atoms with Crippen molar-refractivity contribution >= 4 is 5.69 Å². The molecule has 0 radical (unpaired) electrons. The van der Waals surface area contributed by atoms with Crippen molar-refractivity contribution in [2.75, 3.05) is 18.0 Å². The zero-order chi connectivity index (χ0) is 14.8. The first kappa shape index (κ1) is 13.6. The number of benzene rings is 1. The first-order chi connectivity index (χ1) is 10.2. The average molecular weight is 284 g/mol. The van der Waals surface area contributed by atoms with E-state index in [4.69, 9.17) is 5.26 Å². The lowest BCUT2D eigenvalue weighted by molar-refractivity contribution is 0.583. The first-order valence-electron chi connectivity index (χ1n) is 7.08. The molecule has 1 aliphatic rings. The molecule has 0 spiro atoms. The molecule has 0 aliphatic carbocycles. The van der Waals surface area contributed by atoms with Gasteiger partial charge < -0.3 is 4.90 Å². The summed E-state index contributed by atoms with van der Waals surface area (Å²) < 4.78 is 15.8. The van der Waals surface area contributed by atoms with E-state index in [9.17, 15) is 4.39 Å². The van der Waals surface area contributed by atoms with Crippen LogP contribution < -0.4 is 4.90 Å². The van der Waals surface area contributed by atoms with E-state index in [1.165, 1.54) is 11.6 Å². The maximum absolute atomic E-state index is 14.0. The smallest absolute Gasteiger partial charge is 0.147 e. The molecule has 0 N–H and O–H groups in total. The third kappa shape index (κ3) is 2.89. The monoisotopic (exact) mass is 284 g/mol. The molecule has 0 amide bonds. The quantitative estimate of drug-likeness (QED) is 0.870. The van der Waals surface area contributed by atoms with E-state index in [1.807, 2.05) is 30.2 Å². The fraction of sp³-hybridized carbons (Fsp3) is 0.375. The molecule has 1 atom stereocenters. The van der Waals surface area contributed by atoms with Crippen LogP contribution in [0, 0.1) is 23.1 Å². The Balaban J connectivity index is 1.68. The van der Waals surface area contributed by atoms with Crippen LogP contribution in [0.25, 0.3) is 0 Å². The zero-order valence-corrected chi connectivity index (χ0v) is 12.0. The van der Waals surface area contributed by atoms with E-state index < -0.39 is 0 Å². The molecule has 1 unspecified atom stereocenters. The molecule has 3 rings (SSSR count). The average Bonchev–Trinajstić information content (AvgIpc) is 3.08. The van der Waals surface area contributed by atoms with Crippen molar-refractivity contribution in [3.63, 3.8) is 0 Å². The molecule has 1 aromatic carbocycles. The molecule has 1 fully saturated rings. The second-order valence-corrected chi connectivity index (χ2v) is 5.61. The molecule has 2 heterocycles. The first-order valence-corrected chi connectivity index (χ1v) is 7.08. The number of rotatable bonds is 3. The lowest BCUT2D eigenvalue weighted by Gasteiger charge is -2.19. The van der Waals surface area contributed by atoms with Crippen LogP contribution in [0.5, 0.6) is 0 Å². The van der Waals surface area contributed by atoms with Crippen LogP contribution in [-0.2, 0) is 13.5 Å². The Bertz CT molecular complexity index is 686. The molecule has 108 valence electrons. The highest BCUT2D eigenvalue weighted by atomic mass is 19.1. The van der Waals surface area contributed by atoms with Crippen LogP contribution in [0.1, 0.15) is 17.5 Å². The Morgan fingerprint density at radius 3 is 3.00 bits per heavy atom. The zero-order valence-electron chi connectivity index (χ0n) is 12.0. The summed E-state index contributed by atoms with van der Waals surface area (Å²) in [6, 6.07) is 6.65. The summed E-state index contributed by atoms with van der Waals surface area (Å²) in [5, 5.41) is 13.0. The van der Waals surface area contributed by atoms with E-state index in [0.29, 0.717) is 17.2 Å². The van der Waals surface area contributed by atoms with Gasteiger partial charge in [0.05, 0.1) is 23.5 Å². The van der Waals surface area contributed by atoms with Crippen molar-refractivity contribution in [2.45, 2.75) is 12.8 Å². The summed E-state index contributed by atoms with van der Waals surface area (Å²) in [4.78, 5) is 2.07. The van der Waals surface area contributed by atoms with E-state index >= 15 is 0 Å². The van der Waals surface area contributed by atoms with E-state index in [0.717, 1.165) is 25.9 Å². The highest BCUT2D eigenvalue weighted by Gasteiger charge is 2.25. The van der Waals surface area contributed by atoms with Crippen molar-refractivity contribution in [3.8, 4) is 6.07 Å². The molecule has 0 bridgehead atoms. The third-order valence-electron chi connectivity index (χ3n) is 3.99. The van der Waals surface area contributed by atoms with Gasteiger partial charge in [0.15, 0.2) is 0 Å². The van der Waals surface area contributed by atoms with Crippen molar-refractivity contribution in [2.24, 2.45) is 13.0 Å². The van der Waals surface area contributed by atoms with Gasteiger partial charge in [-0.15, -0.1) is 0 Å². The number of nitriles is 1. The van der Waals surface area contributed by atoms with Gasteiger partial charge in [0, 0.05) is 26.3 Å². The second kappa shape index (κ2) is 5.57. The van der Waals surface area contributed by atoms with Gasteiger partial charge >= 0.3 is 0 Å². The number of hydrogen-bond acceptors (Lipinski definition) is 3. The Hall–Kier alpha value is -2.35. The van der Waals surface area contributed by atoms with Crippen molar-refractivity contribution in [1.82, 2.24) is 9.78 Å². The topological polar surface area (TPSA) is 44.9 Å². The highest BCUT2D eigenvalue weighted by molar-refractivity contribution is 5.52. The summed E-state index contributed by atoms with van der Waals surface area (Å²) in [5.74, 6) is 0.209. The second-order valence-electron chi connectivity index (χ2n) is 5.61. The Labute approximate surface area is 123 Å². The van der Waals surface area contributed by atoms with Gasteiger partial charge in [-0.3, -0.25) is 4.68 Å². The number of anilines is 1. The summed E-state index contributed by atoms with van der Waals surface area (Å²) in [6.07, 6.45) is 5.95. The number of aromatic nitrogens is 2. The molecule has 2 aromatic rings. The van der Waals surface area contributed by atoms with E-state index in [2.05, 4.69) is 10.00 Å². The third-order valence-corrected chi connectivity index (χ3v) is 3.99. The minimum atomic E-state index is -0.309. The molecular weight excluding hydrogens is 267 g/mol. The molecule has 4 nitrogen and oxygen atoms in total. The Kier molecular flexibility index (Phi) is 3.61. The molecule has 1 saturated heterocycles. The fourth-order valence-electron chi connectivity index (χ4n) is 2.96. The standard InChI is InChI=1S/C16H17FN4/c1-20-10-14(9-19-20)6-13-4-5-21(11-13)16-3-2-12(8-18)7-15(16)17/h2-3,7,9-10,13H,4-6,11H2,1H3. The van der Waals surface area contributed by atoms with Crippen molar-refractivity contribution in [3.05, 3.63) is 47.5 Å². The summed E-state index contributed by atoms with van der Waals surface area (Å²) in [7, 11) is 1.91. The van der Waals surface area contributed by atoms with Gasteiger partial charge in [-0.25, -0.2) is 4.39 Å². The van der Waals surface area contributed by atoms with E-state index in [-0.39, 0.29) is 5.82 Å². The van der Waals surface area contributed by atoms with Gasteiger partial charge in [0.2, 0.25) is 0 Å². The van der Waals surface area contributed by atoms with Crippen molar-refractivity contribution < 1.29 is 4.39 Å². The minimum Gasteiger partial charge on any atom is -0.369 e. The molecular formula is C16H17FN4. The minimum absolute atomic E-state index is 0.309. The number of hydrogen-bond donors (Lipinski definition) is 0. The summed E-state index contributed by atoms with van der Waals surface area (Å²) in [6.45, 7) is 1.70. The van der Waals surface area contributed by atoms with Crippen LogP contribution in [0.2, 0.25) is 0 Å². The van der Waals surface area contributed by atoms with Crippen LogP contribution in [0.4, 0.5) is 10.1 Å². The number of nitrogens with zero attached hydrogens (tertiary/aromatic N) is 4. The van der Waals surface area contributed by atoms with Crippen LogP contribution in [0.3, 0.4) is 0 Å². The molecule has 5 heteroatoms. The maximum atomic E-state index is 14.0. The van der Waals surface area contributed by atoms with Gasteiger partial charge in [0.25, 0.3) is 0 Å². The summed E-state index contributed by atoms with van der Waals surface area (Å²) >= 11 is 0. The Morgan fingerprint density at radius 1 is 1.48 bits per heavy atom.